The molecule has 0 saturated carbocycles. The van der Waals surface area contributed by atoms with E-state index in [9.17, 15) is 10.1 Å². The van der Waals surface area contributed by atoms with Crippen LogP contribution in [0.5, 0.6) is 0 Å². The zero-order valence-corrected chi connectivity index (χ0v) is 16.4. The standard InChI is InChI=1S/C20H24N2O3Si/c1-26(2,3)13-12-25-15-21-18-10-6-4-8-16(18)14-20(21)17-9-5-7-11-19(17)22(23)24/h4-11,14H,12-13,15H2,1-3H3. The molecule has 0 amide bonds. The molecular weight excluding hydrogens is 344 g/mol. The van der Waals surface area contributed by atoms with Crippen LogP contribution < -0.4 is 0 Å². The number of benzene rings is 2. The van der Waals surface area contributed by atoms with Gasteiger partial charge in [0.1, 0.15) is 6.73 Å². The van der Waals surface area contributed by atoms with Crippen molar-refractivity contribution in [3.63, 3.8) is 0 Å². The second-order valence-corrected chi connectivity index (χ2v) is 13.3. The SMILES string of the molecule is C[Si](C)(C)CCOCn1c(-c2ccccc2[N+](=O)[O-])cc2ccccc21. The fraction of sp³-hybridized carbons (Fsp3) is 0.300. The average Bonchev–Trinajstić information content (AvgIpc) is 2.96. The Balaban J connectivity index is 1.99. The zero-order valence-electron chi connectivity index (χ0n) is 15.4. The van der Waals surface area contributed by atoms with E-state index in [4.69, 9.17) is 4.74 Å². The molecule has 2 aromatic carbocycles. The highest BCUT2D eigenvalue weighted by Gasteiger charge is 2.19. The van der Waals surface area contributed by atoms with E-state index in [-0.39, 0.29) is 10.6 Å². The van der Waals surface area contributed by atoms with Gasteiger partial charge < -0.3 is 9.30 Å². The van der Waals surface area contributed by atoms with Gasteiger partial charge in [-0.05, 0) is 24.2 Å². The minimum Gasteiger partial charge on any atom is -0.361 e. The summed E-state index contributed by atoms with van der Waals surface area (Å²) in [5.41, 5.74) is 2.56. The molecule has 0 saturated heterocycles. The summed E-state index contributed by atoms with van der Waals surface area (Å²) in [5.74, 6) is 0. The Hall–Kier alpha value is -2.44. The highest BCUT2D eigenvalue weighted by molar-refractivity contribution is 6.76. The Bertz CT molecular complexity index is 928. The summed E-state index contributed by atoms with van der Waals surface area (Å²) in [6, 6.07) is 17.9. The van der Waals surface area contributed by atoms with E-state index in [1.54, 1.807) is 18.2 Å². The Morgan fingerprint density at radius 2 is 1.77 bits per heavy atom. The number of ether oxygens (including phenoxy) is 1. The molecule has 0 spiro atoms. The molecule has 3 aromatic rings. The van der Waals surface area contributed by atoms with Gasteiger partial charge in [0.25, 0.3) is 5.69 Å². The van der Waals surface area contributed by atoms with Crippen LogP contribution in [0.1, 0.15) is 0 Å². The number of aromatic nitrogens is 1. The average molecular weight is 369 g/mol. The van der Waals surface area contributed by atoms with Crippen LogP contribution in [0.15, 0.2) is 54.6 Å². The predicted octanol–water partition coefficient (Wildman–Crippen LogP) is 5.53. The molecule has 5 nitrogen and oxygen atoms in total. The lowest BCUT2D eigenvalue weighted by Crippen LogP contribution is -2.22. The van der Waals surface area contributed by atoms with E-state index in [2.05, 4.69) is 19.6 Å². The van der Waals surface area contributed by atoms with Crippen LogP contribution in [0.4, 0.5) is 5.69 Å². The van der Waals surface area contributed by atoms with Crippen molar-refractivity contribution in [1.29, 1.82) is 0 Å². The molecule has 0 unspecified atom stereocenters. The first-order valence-corrected chi connectivity index (χ1v) is 12.5. The van der Waals surface area contributed by atoms with Crippen LogP contribution in [-0.4, -0.2) is 24.2 Å². The van der Waals surface area contributed by atoms with Crippen molar-refractivity contribution in [2.75, 3.05) is 6.61 Å². The number of hydrogen-bond acceptors (Lipinski definition) is 3. The molecule has 26 heavy (non-hydrogen) atoms. The normalized spacial score (nSPS) is 11.8. The highest BCUT2D eigenvalue weighted by atomic mass is 28.3. The molecule has 0 fully saturated rings. The maximum atomic E-state index is 11.5. The summed E-state index contributed by atoms with van der Waals surface area (Å²) in [6.45, 7) is 8.05. The molecule has 0 atom stereocenters. The zero-order chi connectivity index (χ0) is 18.7. The van der Waals surface area contributed by atoms with Crippen molar-refractivity contribution in [3.05, 3.63) is 64.7 Å². The monoisotopic (exact) mass is 368 g/mol. The van der Waals surface area contributed by atoms with Gasteiger partial charge in [0.2, 0.25) is 0 Å². The van der Waals surface area contributed by atoms with E-state index >= 15 is 0 Å². The van der Waals surface area contributed by atoms with Gasteiger partial charge in [0.05, 0.1) is 21.7 Å². The molecular formula is C20H24N2O3Si. The van der Waals surface area contributed by atoms with Gasteiger partial charge in [-0.25, -0.2) is 0 Å². The van der Waals surface area contributed by atoms with Gasteiger partial charge in [-0.2, -0.15) is 0 Å². The quantitative estimate of drug-likeness (QED) is 0.238. The van der Waals surface area contributed by atoms with Crippen LogP contribution in [0.2, 0.25) is 25.7 Å². The Morgan fingerprint density at radius 1 is 1.08 bits per heavy atom. The molecule has 6 heteroatoms. The minimum absolute atomic E-state index is 0.110. The van der Waals surface area contributed by atoms with Gasteiger partial charge in [-0.15, -0.1) is 0 Å². The second-order valence-electron chi connectivity index (χ2n) is 7.64. The van der Waals surface area contributed by atoms with Crippen molar-refractivity contribution in [2.45, 2.75) is 32.4 Å². The number of hydrogen-bond donors (Lipinski definition) is 0. The van der Waals surface area contributed by atoms with E-state index in [0.29, 0.717) is 18.9 Å². The maximum Gasteiger partial charge on any atom is 0.278 e. The summed E-state index contributed by atoms with van der Waals surface area (Å²) in [5, 5.41) is 12.5. The molecule has 0 aliphatic carbocycles. The number of nitrogens with zero attached hydrogens (tertiary/aromatic N) is 2. The van der Waals surface area contributed by atoms with Crippen LogP contribution in [0.25, 0.3) is 22.2 Å². The van der Waals surface area contributed by atoms with Gasteiger partial charge in [0.15, 0.2) is 0 Å². The molecule has 0 N–H and O–H groups in total. The number of fused-ring (bicyclic) bond motifs is 1. The number of nitro groups is 1. The van der Waals surface area contributed by atoms with E-state index in [1.807, 2.05) is 41.0 Å². The third-order valence-electron chi connectivity index (χ3n) is 4.40. The first-order chi connectivity index (χ1) is 12.4. The first kappa shape index (κ1) is 18.4. The lowest BCUT2D eigenvalue weighted by molar-refractivity contribution is -0.384. The molecule has 0 bridgehead atoms. The molecule has 0 aliphatic rings. The van der Waals surface area contributed by atoms with Crippen LogP contribution in [0, 0.1) is 10.1 Å². The van der Waals surface area contributed by atoms with Crippen molar-refractivity contribution in [3.8, 4) is 11.3 Å². The first-order valence-electron chi connectivity index (χ1n) is 8.77. The van der Waals surface area contributed by atoms with Crippen molar-refractivity contribution >= 4 is 24.7 Å². The Morgan fingerprint density at radius 3 is 2.50 bits per heavy atom. The summed E-state index contributed by atoms with van der Waals surface area (Å²) < 4.78 is 7.98. The lowest BCUT2D eigenvalue weighted by Gasteiger charge is -2.17. The Labute approximate surface area is 154 Å². The van der Waals surface area contributed by atoms with Crippen LogP contribution in [0.3, 0.4) is 0 Å². The highest BCUT2D eigenvalue weighted by Crippen LogP contribution is 2.34. The molecule has 3 rings (SSSR count). The van der Waals surface area contributed by atoms with Gasteiger partial charge in [-0.3, -0.25) is 10.1 Å². The van der Waals surface area contributed by atoms with Crippen LogP contribution in [-0.2, 0) is 11.5 Å². The molecule has 0 aliphatic heterocycles. The fourth-order valence-electron chi connectivity index (χ4n) is 2.96. The maximum absolute atomic E-state index is 11.5. The molecule has 136 valence electrons. The summed E-state index contributed by atoms with van der Waals surface area (Å²) in [7, 11) is -1.16. The van der Waals surface area contributed by atoms with Crippen molar-refractivity contribution in [2.24, 2.45) is 0 Å². The number of para-hydroxylation sites is 2. The van der Waals surface area contributed by atoms with Crippen molar-refractivity contribution in [1.82, 2.24) is 4.57 Å². The summed E-state index contributed by atoms with van der Waals surface area (Å²) in [6.07, 6.45) is 0. The fourth-order valence-corrected chi connectivity index (χ4v) is 3.71. The number of nitro benzene ring substituents is 1. The van der Waals surface area contributed by atoms with Crippen molar-refractivity contribution < 1.29 is 9.66 Å². The third kappa shape index (κ3) is 4.03. The largest absolute Gasteiger partial charge is 0.361 e. The molecule has 0 radical (unpaired) electrons. The van der Waals surface area contributed by atoms with Crippen LogP contribution >= 0.6 is 0 Å². The van der Waals surface area contributed by atoms with E-state index < -0.39 is 8.07 Å². The smallest absolute Gasteiger partial charge is 0.278 e. The predicted molar refractivity (Wildman–Crippen MR) is 108 cm³/mol. The number of rotatable bonds is 7. The van der Waals surface area contributed by atoms with Gasteiger partial charge in [0, 0.05) is 26.1 Å². The van der Waals surface area contributed by atoms with E-state index in [0.717, 1.165) is 22.6 Å². The molecule has 1 aromatic heterocycles. The second kappa shape index (κ2) is 7.43. The Kier molecular flexibility index (Phi) is 5.25. The topological polar surface area (TPSA) is 57.3 Å². The minimum atomic E-state index is -1.16. The summed E-state index contributed by atoms with van der Waals surface area (Å²) >= 11 is 0. The van der Waals surface area contributed by atoms with Gasteiger partial charge >= 0.3 is 0 Å². The van der Waals surface area contributed by atoms with E-state index in [1.165, 1.54) is 0 Å². The molecule has 1 heterocycles. The third-order valence-corrected chi connectivity index (χ3v) is 6.11. The summed E-state index contributed by atoms with van der Waals surface area (Å²) in [4.78, 5) is 11.1. The lowest BCUT2D eigenvalue weighted by atomic mass is 10.1. The van der Waals surface area contributed by atoms with Gasteiger partial charge in [-0.1, -0.05) is 50.0 Å².